The van der Waals surface area contributed by atoms with Crippen LogP contribution in [0, 0.1) is 10.8 Å². The summed E-state index contributed by atoms with van der Waals surface area (Å²) in [5.74, 6) is 0.998. The van der Waals surface area contributed by atoms with Gasteiger partial charge in [-0.15, -0.1) is 0 Å². The molecule has 12 heavy (non-hydrogen) atoms. The maximum absolute atomic E-state index is 5.62. The third-order valence-corrected chi connectivity index (χ3v) is 1.11. The van der Waals surface area contributed by atoms with Gasteiger partial charge >= 0.3 is 0 Å². The van der Waals surface area contributed by atoms with E-state index < -0.39 is 0 Å². The SMILES string of the molecule is CN(C)c1ccccn1.N=C=N. The average molecular weight is 164 g/mol. The zero-order chi connectivity index (χ0) is 9.40. The van der Waals surface area contributed by atoms with E-state index >= 15 is 0 Å². The van der Waals surface area contributed by atoms with Crippen LogP contribution in [0.15, 0.2) is 24.4 Å². The summed E-state index contributed by atoms with van der Waals surface area (Å²) in [6.07, 6.45) is 1.79. The Bertz CT molecular complexity index is 236. The molecule has 0 aromatic carbocycles. The number of aromatic nitrogens is 1. The molecule has 0 spiro atoms. The molecule has 1 heterocycles. The number of hydrogen-bond donors (Lipinski definition) is 2. The molecule has 0 aliphatic heterocycles. The molecule has 0 amide bonds. The summed E-state index contributed by atoms with van der Waals surface area (Å²) < 4.78 is 0. The first-order chi connectivity index (χ1) is 5.72. The van der Waals surface area contributed by atoms with Gasteiger partial charge in [-0.3, -0.25) is 0 Å². The molecule has 4 nitrogen and oxygen atoms in total. The lowest BCUT2D eigenvalue weighted by atomic mass is 10.4. The molecule has 0 bridgehead atoms. The van der Waals surface area contributed by atoms with Gasteiger partial charge in [-0.05, 0) is 12.1 Å². The predicted octanol–water partition coefficient (Wildman–Crippen LogP) is 1.47. The molecule has 2 N–H and O–H groups in total. The second-order valence-corrected chi connectivity index (χ2v) is 2.21. The van der Waals surface area contributed by atoms with E-state index in [2.05, 4.69) is 4.98 Å². The third kappa shape index (κ3) is 4.19. The highest BCUT2D eigenvalue weighted by atomic mass is 15.1. The normalized spacial score (nSPS) is 7.50. The van der Waals surface area contributed by atoms with Gasteiger partial charge in [0, 0.05) is 20.3 Å². The fourth-order valence-corrected chi connectivity index (χ4v) is 0.618. The van der Waals surface area contributed by atoms with Crippen molar-refractivity contribution in [3.05, 3.63) is 24.4 Å². The molecular formula is C8H12N4. The van der Waals surface area contributed by atoms with Gasteiger partial charge in [0.2, 0.25) is 0 Å². The minimum Gasteiger partial charge on any atom is -0.363 e. The predicted molar refractivity (Wildman–Crippen MR) is 49.0 cm³/mol. The number of nitrogens with zero attached hydrogens (tertiary/aromatic N) is 2. The highest BCUT2D eigenvalue weighted by Crippen LogP contribution is 2.02. The largest absolute Gasteiger partial charge is 0.363 e. The monoisotopic (exact) mass is 164 g/mol. The summed E-state index contributed by atoms with van der Waals surface area (Å²) in [5.41, 5.74) is 0. The number of anilines is 1. The molecule has 0 atom stereocenters. The van der Waals surface area contributed by atoms with Crippen molar-refractivity contribution in [3.63, 3.8) is 0 Å². The van der Waals surface area contributed by atoms with Crippen LogP contribution in [0.5, 0.6) is 0 Å². The number of rotatable bonds is 1. The Kier molecular flexibility index (Phi) is 5.22. The summed E-state index contributed by atoms with van der Waals surface area (Å²) in [6, 6.07) is 7.11. The fraction of sp³-hybridized carbons (Fsp3) is 0.250. The van der Waals surface area contributed by atoms with Crippen molar-refractivity contribution in [3.8, 4) is 0 Å². The molecule has 0 saturated heterocycles. The zero-order valence-corrected chi connectivity index (χ0v) is 7.20. The van der Waals surface area contributed by atoms with Crippen LogP contribution in [0.3, 0.4) is 0 Å². The number of pyridine rings is 1. The Morgan fingerprint density at radius 2 is 1.92 bits per heavy atom. The summed E-state index contributed by atoms with van der Waals surface area (Å²) in [6.45, 7) is 0. The number of hydrogen-bond acceptors (Lipinski definition) is 4. The molecule has 0 fully saturated rings. The smallest absolute Gasteiger partial charge is 0.127 e. The van der Waals surface area contributed by atoms with Crippen molar-refractivity contribution in [2.45, 2.75) is 0 Å². The van der Waals surface area contributed by atoms with Crippen molar-refractivity contribution in [2.24, 2.45) is 0 Å². The summed E-state index contributed by atoms with van der Waals surface area (Å²) >= 11 is 0. The first-order valence-electron chi connectivity index (χ1n) is 3.39. The highest BCUT2D eigenvalue weighted by Gasteiger charge is 1.89. The van der Waals surface area contributed by atoms with Crippen LogP contribution in [-0.4, -0.2) is 25.1 Å². The van der Waals surface area contributed by atoms with Crippen LogP contribution in [0.25, 0.3) is 0 Å². The lowest BCUT2D eigenvalue weighted by molar-refractivity contribution is 1.07. The maximum Gasteiger partial charge on any atom is 0.127 e. The second kappa shape index (κ2) is 6.07. The van der Waals surface area contributed by atoms with Gasteiger partial charge in [0.05, 0.1) is 6.01 Å². The highest BCUT2D eigenvalue weighted by molar-refractivity contribution is 5.34. The van der Waals surface area contributed by atoms with E-state index in [1.54, 1.807) is 6.20 Å². The Morgan fingerprint density at radius 3 is 2.17 bits per heavy atom. The standard InChI is InChI=1S/C7H10N2.CH2N2/c1-9(2)7-5-3-4-6-8-7;2-1-3/h3-6H,1-2H3;2-3H. The Balaban J connectivity index is 0.000000354. The molecule has 1 aromatic heterocycles. The molecule has 1 aromatic rings. The van der Waals surface area contributed by atoms with E-state index in [9.17, 15) is 0 Å². The van der Waals surface area contributed by atoms with Crippen molar-refractivity contribution in [2.75, 3.05) is 19.0 Å². The molecule has 0 saturated carbocycles. The lowest BCUT2D eigenvalue weighted by Crippen LogP contribution is -2.09. The van der Waals surface area contributed by atoms with Crippen LogP contribution in [0.1, 0.15) is 0 Å². The minimum atomic E-state index is 0.998. The van der Waals surface area contributed by atoms with Crippen LogP contribution >= 0.6 is 0 Å². The van der Waals surface area contributed by atoms with Gasteiger partial charge in [-0.2, -0.15) is 0 Å². The van der Waals surface area contributed by atoms with Crippen molar-refractivity contribution < 1.29 is 0 Å². The summed E-state index contributed by atoms with van der Waals surface area (Å²) in [5, 5.41) is 11.2. The van der Waals surface area contributed by atoms with Crippen molar-refractivity contribution in [1.82, 2.24) is 4.98 Å². The third-order valence-electron chi connectivity index (χ3n) is 1.11. The van der Waals surface area contributed by atoms with E-state index in [1.807, 2.05) is 37.2 Å². The van der Waals surface area contributed by atoms with Gasteiger partial charge in [-0.1, -0.05) is 6.07 Å². The van der Waals surface area contributed by atoms with E-state index in [0.29, 0.717) is 0 Å². The molecule has 0 aliphatic rings. The van der Waals surface area contributed by atoms with Gasteiger partial charge in [0.1, 0.15) is 5.82 Å². The van der Waals surface area contributed by atoms with Gasteiger partial charge in [0.25, 0.3) is 0 Å². The Morgan fingerprint density at radius 1 is 1.33 bits per heavy atom. The molecule has 0 radical (unpaired) electrons. The first-order valence-corrected chi connectivity index (χ1v) is 3.39. The van der Waals surface area contributed by atoms with E-state index in [-0.39, 0.29) is 0 Å². The minimum absolute atomic E-state index is 0.998. The Hall–Kier alpha value is -1.67. The molecule has 0 aliphatic carbocycles. The first kappa shape index (κ1) is 10.3. The van der Waals surface area contributed by atoms with Crippen molar-refractivity contribution >= 4 is 11.8 Å². The van der Waals surface area contributed by atoms with E-state index in [4.69, 9.17) is 10.8 Å². The van der Waals surface area contributed by atoms with Crippen LogP contribution in [0.2, 0.25) is 0 Å². The topological polar surface area (TPSA) is 63.8 Å². The quantitative estimate of drug-likeness (QED) is 0.617. The molecule has 1 rings (SSSR count). The molecule has 0 unspecified atom stereocenters. The summed E-state index contributed by atoms with van der Waals surface area (Å²) in [4.78, 5) is 6.08. The molecule has 64 valence electrons. The van der Waals surface area contributed by atoms with Crippen LogP contribution < -0.4 is 4.90 Å². The van der Waals surface area contributed by atoms with Gasteiger partial charge in [0.15, 0.2) is 0 Å². The molecular weight excluding hydrogens is 152 g/mol. The van der Waals surface area contributed by atoms with E-state index in [1.165, 1.54) is 6.01 Å². The van der Waals surface area contributed by atoms with Crippen molar-refractivity contribution in [1.29, 1.82) is 10.8 Å². The average Bonchev–Trinajstić information content (AvgIpc) is 2.07. The summed E-state index contributed by atoms with van der Waals surface area (Å²) in [7, 11) is 3.95. The molecule has 4 heteroatoms. The lowest BCUT2D eigenvalue weighted by Gasteiger charge is -2.08. The zero-order valence-electron chi connectivity index (χ0n) is 7.20. The fourth-order valence-electron chi connectivity index (χ4n) is 0.618. The van der Waals surface area contributed by atoms with Crippen LogP contribution in [0.4, 0.5) is 5.82 Å². The maximum atomic E-state index is 5.62. The van der Waals surface area contributed by atoms with Gasteiger partial charge < -0.3 is 4.90 Å². The van der Waals surface area contributed by atoms with Gasteiger partial charge in [-0.25, -0.2) is 15.8 Å². The number of nitrogens with one attached hydrogen (secondary N) is 2. The Labute approximate surface area is 71.9 Å². The van der Waals surface area contributed by atoms with E-state index in [0.717, 1.165) is 5.82 Å². The second-order valence-electron chi connectivity index (χ2n) is 2.21. The van der Waals surface area contributed by atoms with Crippen LogP contribution in [-0.2, 0) is 0 Å².